The van der Waals surface area contributed by atoms with Crippen LogP contribution in [0.3, 0.4) is 0 Å². The summed E-state index contributed by atoms with van der Waals surface area (Å²) in [7, 11) is 2.04. The molecule has 1 aromatic carbocycles. The Hall–Kier alpha value is -1.64. The van der Waals surface area contributed by atoms with Crippen molar-refractivity contribution in [2.24, 2.45) is 0 Å². The summed E-state index contributed by atoms with van der Waals surface area (Å²) in [4.78, 5) is 6.78. The van der Waals surface area contributed by atoms with Crippen LogP contribution >= 0.6 is 35.6 Å². The van der Waals surface area contributed by atoms with Gasteiger partial charge in [0.2, 0.25) is 0 Å². The number of hydrogen-bond acceptors (Lipinski definition) is 7. The van der Waals surface area contributed by atoms with Gasteiger partial charge in [-0.3, -0.25) is 4.90 Å². The van der Waals surface area contributed by atoms with Crippen molar-refractivity contribution in [1.82, 2.24) is 25.5 Å². The van der Waals surface area contributed by atoms with Crippen molar-refractivity contribution in [2.45, 2.75) is 13.0 Å². The number of nitrogens with one attached hydrogen (secondary N) is 1. The van der Waals surface area contributed by atoms with Gasteiger partial charge in [0.15, 0.2) is 5.82 Å². The Labute approximate surface area is 172 Å². The van der Waals surface area contributed by atoms with E-state index in [1.54, 1.807) is 25.1 Å². The molecule has 3 heterocycles. The van der Waals surface area contributed by atoms with E-state index in [2.05, 4.69) is 25.5 Å². The Morgan fingerprint density at radius 3 is 2.59 bits per heavy atom. The molecule has 1 fully saturated rings. The highest BCUT2D eigenvalue weighted by molar-refractivity contribution is 6.39. The lowest BCUT2D eigenvalue weighted by atomic mass is 10.1. The molecule has 1 aliphatic rings. The minimum atomic E-state index is 0. The first-order valence-electron chi connectivity index (χ1n) is 8.22. The van der Waals surface area contributed by atoms with Crippen molar-refractivity contribution in [1.29, 1.82) is 0 Å². The number of aryl methyl sites for hydroxylation is 1. The van der Waals surface area contributed by atoms with Crippen LogP contribution in [0.15, 0.2) is 27.2 Å². The average Bonchev–Trinajstić information content (AvgIpc) is 3.22. The van der Waals surface area contributed by atoms with Crippen LogP contribution in [0.5, 0.6) is 0 Å². The number of piperazine rings is 1. The summed E-state index contributed by atoms with van der Waals surface area (Å²) in [5.74, 6) is 1.51. The van der Waals surface area contributed by atoms with Gasteiger partial charge in [0.05, 0.1) is 16.1 Å². The van der Waals surface area contributed by atoms with Gasteiger partial charge >= 0.3 is 0 Å². The Bertz CT molecular complexity index is 922. The van der Waals surface area contributed by atoms with Crippen LogP contribution in [0.2, 0.25) is 10.0 Å². The van der Waals surface area contributed by atoms with Gasteiger partial charge in [-0.05, 0) is 26.1 Å². The zero-order valence-electron chi connectivity index (χ0n) is 14.7. The van der Waals surface area contributed by atoms with Crippen LogP contribution in [0.25, 0.3) is 22.7 Å². The van der Waals surface area contributed by atoms with E-state index in [1.165, 1.54) is 0 Å². The predicted molar refractivity (Wildman–Crippen MR) is 105 cm³/mol. The molecule has 0 saturated carbocycles. The van der Waals surface area contributed by atoms with E-state index in [9.17, 15) is 0 Å². The van der Waals surface area contributed by atoms with Gasteiger partial charge in [0.1, 0.15) is 17.0 Å². The number of aromatic nitrogens is 3. The van der Waals surface area contributed by atoms with Crippen molar-refractivity contribution in [3.05, 3.63) is 39.8 Å². The highest BCUT2D eigenvalue weighted by atomic mass is 35.5. The Kier molecular flexibility index (Phi) is 6.08. The fraction of sp³-hybridized carbons (Fsp3) is 0.353. The Morgan fingerprint density at radius 1 is 1.15 bits per heavy atom. The van der Waals surface area contributed by atoms with Crippen molar-refractivity contribution >= 4 is 35.6 Å². The van der Waals surface area contributed by atoms with Gasteiger partial charge in [-0.2, -0.15) is 4.98 Å². The maximum absolute atomic E-state index is 6.33. The first kappa shape index (κ1) is 20.1. The third kappa shape index (κ3) is 3.70. The molecule has 1 N–H and O–H groups in total. The molecule has 7 nitrogen and oxygen atoms in total. The van der Waals surface area contributed by atoms with Crippen LogP contribution in [-0.4, -0.2) is 46.9 Å². The molecule has 144 valence electrons. The van der Waals surface area contributed by atoms with Gasteiger partial charge < -0.3 is 14.4 Å². The molecule has 1 aliphatic heterocycles. The highest BCUT2D eigenvalue weighted by Crippen LogP contribution is 2.40. The molecule has 1 saturated heterocycles. The standard InChI is InChI=1S/C17H17Cl2N5O2.ClH/c1-9-13(15(22-25-9)14-10(18)4-3-5-11(14)19)17-21-16(23-26-17)12-8-20-6-7-24(12)2;/h3-5,12,20H,6-8H2,1-2H3;1H. The first-order valence-corrected chi connectivity index (χ1v) is 8.97. The first-order chi connectivity index (χ1) is 12.6. The average molecular weight is 431 g/mol. The summed E-state index contributed by atoms with van der Waals surface area (Å²) in [5.41, 5.74) is 1.67. The molecular formula is C17H18Cl3N5O2. The lowest BCUT2D eigenvalue weighted by Gasteiger charge is -2.30. The number of hydrogen-bond donors (Lipinski definition) is 1. The molecule has 2 aromatic heterocycles. The highest BCUT2D eigenvalue weighted by Gasteiger charge is 2.29. The van der Waals surface area contributed by atoms with Gasteiger partial charge in [-0.1, -0.05) is 39.6 Å². The van der Waals surface area contributed by atoms with E-state index in [0.717, 1.165) is 19.6 Å². The van der Waals surface area contributed by atoms with Gasteiger partial charge in [0.25, 0.3) is 5.89 Å². The minimum Gasteiger partial charge on any atom is -0.360 e. The fourth-order valence-electron chi connectivity index (χ4n) is 3.08. The van der Waals surface area contributed by atoms with E-state index < -0.39 is 0 Å². The summed E-state index contributed by atoms with van der Waals surface area (Å²) in [6.07, 6.45) is 0. The minimum absolute atomic E-state index is 0. The molecule has 0 bridgehead atoms. The van der Waals surface area contributed by atoms with Crippen molar-refractivity contribution in [2.75, 3.05) is 26.7 Å². The zero-order valence-corrected chi connectivity index (χ0v) is 17.0. The van der Waals surface area contributed by atoms with E-state index in [1.807, 2.05) is 7.05 Å². The van der Waals surface area contributed by atoms with Gasteiger partial charge in [0, 0.05) is 25.2 Å². The summed E-state index contributed by atoms with van der Waals surface area (Å²) in [6.45, 7) is 4.41. The lowest BCUT2D eigenvalue weighted by molar-refractivity contribution is 0.190. The normalized spacial score (nSPS) is 17.7. The smallest absolute Gasteiger partial charge is 0.263 e. The molecule has 4 rings (SSSR count). The molecule has 0 radical (unpaired) electrons. The maximum atomic E-state index is 6.33. The summed E-state index contributed by atoms with van der Waals surface area (Å²) in [5, 5.41) is 12.6. The van der Waals surface area contributed by atoms with Crippen LogP contribution in [0.1, 0.15) is 17.6 Å². The lowest BCUT2D eigenvalue weighted by Crippen LogP contribution is -2.44. The molecule has 1 atom stereocenters. The molecule has 0 amide bonds. The second-order valence-electron chi connectivity index (χ2n) is 6.22. The second kappa shape index (κ2) is 8.16. The quantitative estimate of drug-likeness (QED) is 0.672. The van der Waals surface area contributed by atoms with Crippen LogP contribution in [0.4, 0.5) is 0 Å². The third-order valence-corrected chi connectivity index (χ3v) is 5.16. The summed E-state index contributed by atoms with van der Waals surface area (Å²) in [6, 6.07) is 5.32. The van der Waals surface area contributed by atoms with Crippen LogP contribution in [-0.2, 0) is 0 Å². The largest absolute Gasteiger partial charge is 0.360 e. The zero-order chi connectivity index (χ0) is 18.3. The predicted octanol–water partition coefficient (Wildman–Crippen LogP) is 4.00. The van der Waals surface area contributed by atoms with E-state index in [0.29, 0.717) is 44.3 Å². The van der Waals surface area contributed by atoms with Crippen LogP contribution in [0, 0.1) is 6.92 Å². The van der Waals surface area contributed by atoms with E-state index >= 15 is 0 Å². The number of nitrogens with zero attached hydrogens (tertiary/aromatic N) is 4. The number of rotatable bonds is 3. The molecule has 1 unspecified atom stereocenters. The Balaban J connectivity index is 0.00000210. The summed E-state index contributed by atoms with van der Waals surface area (Å²) < 4.78 is 10.9. The van der Waals surface area contributed by atoms with Gasteiger partial charge in [-0.25, -0.2) is 0 Å². The van der Waals surface area contributed by atoms with E-state index in [-0.39, 0.29) is 18.4 Å². The molecule has 0 aliphatic carbocycles. The summed E-state index contributed by atoms with van der Waals surface area (Å²) >= 11 is 12.7. The monoisotopic (exact) mass is 429 g/mol. The molecule has 10 heteroatoms. The van der Waals surface area contributed by atoms with Crippen molar-refractivity contribution in [3.8, 4) is 22.7 Å². The fourth-order valence-corrected chi connectivity index (χ4v) is 3.66. The SMILES string of the molecule is Cc1onc(-c2c(Cl)cccc2Cl)c1-c1nc(C2CNCCN2C)no1.Cl. The van der Waals surface area contributed by atoms with E-state index in [4.69, 9.17) is 32.2 Å². The maximum Gasteiger partial charge on any atom is 0.263 e. The number of benzene rings is 1. The molecule has 0 spiro atoms. The second-order valence-corrected chi connectivity index (χ2v) is 7.03. The number of likely N-dealkylation sites (N-methyl/N-ethyl adjacent to an activating group) is 1. The van der Waals surface area contributed by atoms with Crippen molar-refractivity contribution in [3.63, 3.8) is 0 Å². The molecule has 3 aromatic rings. The number of halogens is 3. The molecular weight excluding hydrogens is 413 g/mol. The third-order valence-electron chi connectivity index (χ3n) is 4.53. The van der Waals surface area contributed by atoms with Gasteiger partial charge in [-0.15, -0.1) is 12.4 Å². The molecule has 27 heavy (non-hydrogen) atoms. The Morgan fingerprint density at radius 2 is 1.89 bits per heavy atom. The topological polar surface area (TPSA) is 80.2 Å². The van der Waals surface area contributed by atoms with Crippen LogP contribution < -0.4 is 5.32 Å². The van der Waals surface area contributed by atoms with Crippen molar-refractivity contribution < 1.29 is 9.05 Å².